The second-order valence-corrected chi connectivity index (χ2v) is 5.90. The summed E-state index contributed by atoms with van der Waals surface area (Å²) in [7, 11) is 1.60. The number of amides is 1. The molecule has 2 rings (SSSR count). The summed E-state index contributed by atoms with van der Waals surface area (Å²) in [6.07, 6.45) is 0. The summed E-state index contributed by atoms with van der Waals surface area (Å²) in [6.45, 7) is 0. The molecule has 0 atom stereocenters. The number of carbonyl (C=O) groups is 1. The lowest BCUT2D eigenvalue weighted by atomic mass is 10.3. The van der Waals surface area contributed by atoms with Crippen molar-refractivity contribution in [2.24, 2.45) is 0 Å². The van der Waals surface area contributed by atoms with Gasteiger partial charge in [-0.15, -0.1) is 11.8 Å². The van der Waals surface area contributed by atoms with Crippen molar-refractivity contribution in [3.8, 4) is 5.75 Å². The molecule has 3 nitrogen and oxygen atoms in total. The van der Waals surface area contributed by atoms with Crippen LogP contribution in [-0.4, -0.2) is 18.8 Å². The summed E-state index contributed by atoms with van der Waals surface area (Å²) >= 11 is 4.91. The van der Waals surface area contributed by atoms with E-state index in [1.54, 1.807) is 13.2 Å². The van der Waals surface area contributed by atoms with Gasteiger partial charge in [0.25, 0.3) is 0 Å². The Balaban J connectivity index is 1.94. The monoisotopic (exact) mass is 351 g/mol. The van der Waals surface area contributed by atoms with Crippen LogP contribution in [0.1, 0.15) is 0 Å². The first-order chi connectivity index (χ1) is 9.69. The highest BCUT2D eigenvalue weighted by Gasteiger charge is 2.07. The quantitative estimate of drug-likeness (QED) is 0.820. The standard InChI is InChI=1S/C15H14BrNO2S/c1-19-11-7-8-13(16)14(9-11)17-15(18)10-20-12-5-3-2-4-6-12/h2-9H,10H2,1H3,(H,17,18). The predicted molar refractivity (Wildman–Crippen MR) is 86.5 cm³/mol. The Morgan fingerprint density at radius 2 is 2.00 bits per heavy atom. The van der Waals surface area contributed by atoms with Gasteiger partial charge in [0.15, 0.2) is 0 Å². The zero-order valence-corrected chi connectivity index (χ0v) is 13.3. The minimum atomic E-state index is -0.0483. The number of ether oxygens (including phenoxy) is 1. The van der Waals surface area contributed by atoms with Crippen LogP contribution >= 0.6 is 27.7 Å². The van der Waals surface area contributed by atoms with Crippen LogP contribution in [-0.2, 0) is 4.79 Å². The van der Waals surface area contributed by atoms with Crippen molar-refractivity contribution in [1.29, 1.82) is 0 Å². The Kier molecular flexibility index (Phi) is 5.49. The smallest absolute Gasteiger partial charge is 0.234 e. The summed E-state index contributed by atoms with van der Waals surface area (Å²) in [5.74, 6) is 1.03. The van der Waals surface area contributed by atoms with Crippen LogP contribution in [0.4, 0.5) is 5.69 Å². The van der Waals surface area contributed by atoms with E-state index in [1.807, 2.05) is 42.5 Å². The van der Waals surface area contributed by atoms with Crippen molar-refractivity contribution in [2.75, 3.05) is 18.2 Å². The molecule has 2 aromatic rings. The normalized spacial score (nSPS) is 10.1. The Morgan fingerprint density at radius 3 is 2.70 bits per heavy atom. The van der Waals surface area contributed by atoms with Crippen molar-refractivity contribution in [1.82, 2.24) is 0 Å². The third kappa shape index (κ3) is 4.28. The van der Waals surface area contributed by atoms with E-state index in [2.05, 4.69) is 21.2 Å². The number of anilines is 1. The molecule has 0 bridgehead atoms. The summed E-state index contributed by atoms with van der Waals surface area (Å²) in [4.78, 5) is 13.0. The number of benzene rings is 2. The number of rotatable bonds is 5. The van der Waals surface area contributed by atoms with Crippen molar-refractivity contribution < 1.29 is 9.53 Å². The van der Waals surface area contributed by atoms with E-state index in [1.165, 1.54) is 11.8 Å². The number of hydrogen-bond donors (Lipinski definition) is 1. The Bertz CT molecular complexity index is 590. The summed E-state index contributed by atoms with van der Waals surface area (Å²) in [5.41, 5.74) is 0.711. The van der Waals surface area contributed by atoms with E-state index in [0.29, 0.717) is 17.2 Å². The first-order valence-electron chi connectivity index (χ1n) is 6.00. The molecule has 0 saturated heterocycles. The number of thioether (sulfide) groups is 1. The first-order valence-corrected chi connectivity index (χ1v) is 7.78. The Morgan fingerprint density at radius 1 is 1.25 bits per heavy atom. The van der Waals surface area contributed by atoms with Crippen LogP contribution < -0.4 is 10.1 Å². The van der Waals surface area contributed by atoms with Crippen LogP contribution in [0.3, 0.4) is 0 Å². The van der Waals surface area contributed by atoms with Gasteiger partial charge in [-0.3, -0.25) is 4.79 Å². The number of halogens is 1. The molecule has 2 aromatic carbocycles. The zero-order valence-electron chi connectivity index (χ0n) is 10.9. The summed E-state index contributed by atoms with van der Waals surface area (Å²) in [5, 5.41) is 2.87. The second-order valence-electron chi connectivity index (χ2n) is 4.00. The SMILES string of the molecule is COc1ccc(Br)c(NC(=O)CSc2ccccc2)c1. The maximum Gasteiger partial charge on any atom is 0.234 e. The van der Waals surface area contributed by atoms with Gasteiger partial charge in [-0.05, 0) is 40.2 Å². The van der Waals surface area contributed by atoms with E-state index in [-0.39, 0.29) is 5.91 Å². The predicted octanol–water partition coefficient (Wildman–Crippen LogP) is 4.19. The number of hydrogen-bond acceptors (Lipinski definition) is 3. The molecule has 0 aromatic heterocycles. The van der Waals surface area contributed by atoms with Gasteiger partial charge in [0.2, 0.25) is 5.91 Å². The molecule has 20 heavy (non-hydrogen) atoms. The van der Waals surface area contributed by atoms with Crippen molar-refractivity contribution in [3.63, 3.8) is 0 Å². The maximum atomic E-state index is 11.9. The zero-order chi connectivity index (χ0) is 14.4. The van der Waals surface area contributed by atoms with Gasteiger partial charge >= 0.3 is 0 Å². The highest BCUT2D eigenvalue weighted by molar-refractivity contribution is 9.10. The molecular formula is C15H14BrNO2S. The molecule has 1 N–H and O–H groups in total. The second kappa shape index (κ2) is 7.36. The molecule has 0 aliphatic carbocycles. The van der Waals surface area contributed by atoms with Crippen molar-refractivity contribution in [2.45, 2.75) is 4.90 Å². The van der Waals surface area contributed by atoms with Gasteiger partial charge in [-0.2, -0.15) is 0 Å². The van der Waals surface area contributed by atoms with Gasteiger partial charge in [-0.25, -0.2) is 0 Å². The Hall–Kier alpha value is -1.46. The van der Waals surface area contributed by atoms with Gasteiger partial charge in [-0.1, -0.05) is 18.2 Å². The van der Waals surface area contributed by atoms with Gasteiger partial charge < -0.3 is 10.1 Å². The third-order valence-corrected chi connectivity index (χ3v) is 4.26. The maximum absolute atomic E-state index is 11.9. The molecule has 104 valence electrons. The Labute approximate surface area is 130 Å². The van der Waals surface area contributed by atoms with Crippen LogP contribution in [0, 0.1) is 0 Å². The highest BCUT2D eigenvalue weighted by atomic mass is 79.9. The van der Waals surface area contributed by atoms with Crippen LogP contribution in [0.5, 0.6) is 5.75 Å². The lowest BCUT2D eigenvalue weighted by Gasteiger charge is -2.09. The first kappa shape index (κ1) is 14.9. The molecule has 0 heterocycles. The van der Waals surface area contributed by atoms with E-state index < -0.39 is 0 Å². The van der Waals surface area contributed by atoms with E-state index in [9.17, 15) is 4.79 Å². The fourth-order valence-corrected chi connectivity index (χ4v) is 2.64. The molecule has 5 heteroatoms. The average molecular weight is 352 g/mol. The minimum Gasteiger partial charge on any atom is -0.497 e. The average Bonchev–Trinajstić information content (AvgIpc) is 2.48. The molecule has 0 spiro atoms. The van der Waals surface area contributed by atoms with Crippen molar-refractivity contribution in [3.05, 3.63) is 53.0 Å². The van der Waals surface area contributed by atoms with Gasteiger partial charge in [0.1, 0.15) is 5.75 Å². The number of carbonyl (C=O) groups excluding carboxylic acids is 1. The molecular weight excluding hydrogens is 338 g/mol. The van der Waals surface area contributed by atoms with E-state index in [4.69, 9.17) is 4.74 Å². The molecule has 0 unspecified atom stereocenters. The largest absolute Gasteiger partial charge is 0.497 e. The van der Waals surface area contributed by atoms with E-state index in [0.717, 1.165) is 9.37 Å². The molecule has 0 saturated carbocycles. The summed E-state index contributed by atoms with van der Waals surface area (Å²) in [6, 6.07) is 15.3. The summed E-state index contributed by atoms with van der Waals surface area (Å²) < 4.78 is 5.97. The number of nitrogens with one attached hydrogen (secondary N) is 1. The van der Waals surface area contributed by atoms with Gasteiger partial charge in [0.05, 0.1) is 18.6 Å². The minimum absolute atomic E-state index is 0.0483. The fraction of sp³-hybridized carbons (Fsp3) is 0.133. The van der Waals surface area contributed by atoms with E-state index >= 15 is 0 Å². The highest BCUT2D eigenvalue weighted by Crippen LogP contribution is 2.27. The molecule has 0 aliphatic heterocycles. The van der Waals surface area contributed by atoms with Crippen LogP contribution in [0.2, 0.25) is 0 Å². The molecule has 1 amide bonds. The topological polar surface area (TPSA) is 38.3 Å². The third-order valence-electron chi connectivity index (χ3n) is 2.56. The fourth-order valence-electron chi connectivity index (χ4n) is 1.58. The molecule has 0 aliphatic rings. The lowest BCUT2D eigenvalue weighted by molar-refractivity contribution is -0.113. The molecule has 0 fully saturated rings. The van der Waals surface area contributed by atoms with Crippen LogP contribution in [0.25, 0.3) is 0 Å². The molecule has 0 radical (unpaired) electrons. The lowest BCUT2D eigenvalue weighted by Crippen LogP contribution is -2.14. The van der Waals surface area contributed by atoms with Gasteiger partial charge in [0, 0.05) is 15.4 Å². The number of methoxy groups -OCH3 is 1. The van der Waals surface area contributed by atoms with Crippen LogP contribution in [0.15, 0.2) is 57.9 Å². The van der Waals surface area contributed by atoms with Crippen molar-refractivity contribution >= 4 is 39.3 Å².